The van der Waals surface area contributed by atoms with Crippen LogP contribution in [-0.2, 0) is 4.79 Å². The first-order valence-electron chi connectivity index (χ1n) is 7.01. The number of carbonyl (C=O) groups is 1. The van der Waals surface area contributed by atoms with Crippen LogP contribution in [0, 0.1) is 5.41 Å². The summed E-state index contributed by atoms with van der Waals surface area (Å²) >= 11 is 0. The Hall–Kier alpha value is -0.410. The van der Waals surface area contributed by atoms with Crippen LogP contribution in [0.2, 0.25) is 0 Å². The van der Waals surface area contributed by atoms with Crippen LogP contribution >= 0.6 is 0 Å². The van der Waals surface area contributed by atoms with Crippen molar-refractivity contribution in [1.82, 2.24) is 10.2 Å². The number of nitrogens with zero attached hydrogens (tertiary/aromatic N) is 1. The molecular weight excluding hydrogens is 212 g/mol. The average Bonchev–Trinajstić information content (AvgIpc) is 2.76. The summed E-state index contributed by atoms with van der Waals surface area (Å²) in [7, 11) is 0. The molecule has 0 aromatic heterocycles. The van der Waals surface area contributed by atoms with Gasteiger partial charge >= 0.3 is 0 Å². The number of piperidine rings is 1. The van der Waals surface area contributed by atoms with Gasteiger partial charge in [-0.1, -0.05) is 20.8 Å². The van der Waals surface area contributed by atoms with Crippen LogP contribution in [0.15, 0.2) is 0 Å². The Morgan fingerprint density at radius 3 is 2.41 bits per heavy atom. The van der Waals surface area contributed by atoms with E-state index in [4.69, 9.17) is 0 Å². The minimum absolute atomic E-state index is 0.193. The highest BCUT2D eigenvalue weighted by atomic mass is 16.1. The molecule has 0 spiro atoms. The Bertz CT molecular complexity index is 276. The van der Waals surface area contributed by atoms with Crippen molar-refractivity contribution in [1.29, 1.82) is 0 Å². The Morgan fingerprint density at radius 2 is 1.82 bits per heavy atom. The van der Waals surface area contributed by atoms with Gasteiger partial charge < -0.3 is 5.32 Å². The number of hydrogen-bond donors (Lipinski definition) is 1. The zero-order valence-electron chi connectivity index (χ0n) is 11.5. The number of Topliss-reactive ketones (excluding diaryl/α,β-unsaturated/α-hetero) is 1. The summed E-state index contributed by atoms with van der Waals surface area (Å²) in [5.41, 5.74) is -0.194. The molecule has 2 aliphatic heterocycles. The molecule has 0 aromatic rings. The van der Waals surface area contributed by atoms with Gasteiger partial charge in [0.1, 0.15) is 0 Å². The predicted molar refractivity (Wildman–Crippen MR) is 70.1 cm³/mol. The van der Waals surface area contributed by atoms with Crippen molar-refractivity contribution in [3.05, 3.63) is 0 Å². The van der Waals surface area contributed by atoms with Crippen LogP contribution in [0.4, 0.5) is 0 Å². The molecule has 3 nitrogen and oxygen atoms in total. The van der Waals surface area contributed by atoms with E-state index in [9.17, 15) is 4.79 Å². The highest BCUT2D eigenvalue weighted by molar-refractivity contribution is 5.89. The van der Waals surface area contributed by atoms with Gasteiger partial charge in [-0.15, -0.1) is 0 Å². The van der Waals surface area contributed by atoms with Gasteiger partial charge in [-0.25, -0.2) is 0 Å². The van der Waals surface area contributed by atoms with Gasteiger partial charge in [0.2, 0.25) is 0 Å². The summed E-state index contributed by atoms with van der Waals surface area (Å²) in [5, 5.41) is 3.40. The highest BCUT2D eigenvalue weighted by Crippen LogP contribution is 2.30. The topological polar surface area (TPSA) is 32.3 Å². The maximum Gasteiger partial charge on any atom is 0.155 e. The largest absolute Gasteiger partial charge is 0.317 e. The van der Waals surface area contributed by atoms with E-state index in [-0.39, 0.29) is 11.5 Å². The number of rotatable bonds is 2. The molecule has 0 radical (unpaired) electrons. The second kappa shape index (κ2) is 5.07. The molecule has 98 valence electrons. The lowest BCUT2D eigenvalue weighted by molar-refractivity contribution is -0.131. The number of ketones is 1. The number of carbonyl (C=O) groups excluding carboxylic acids is 1. The molecule has 3 heteroatoms. The van der Waals surface area contributed by atoms with Crippen molar-refractivity contribution in [2.24, 2.45) is 5.41 Å². The molecule has 1 unspecified atom stereocenters. The zero-order valence-corrected chi connectivity index (χ0v) is 11.5. The van der Waals surface area contributed by atoms with Gasteiger partial charge in [-0.05, 0) is 45.3 Å². The first-order chi connectivity index (χ1) is 8.00. The molecule has 0 saturated carbocycles. The molecule has 0 bridgehead atoms. The molecule has 1 N–H and O–H groups in total. The second-order valence-electron chi connectivity index (χ2n) is 6.49. The summed E-state index contributed by atoms with van der Waals surface area (Å²) in [5.74, 6) is 0.438. The summed E-state index contributed by atoms with van der Waals surface area (Å²) in [6, 6.07) is 0.827. The molecule has 0 amide bonds. The van der Waals surface area contributed by atoms with E-state index in [2.05, 4.69) is 10.2 Å². The van der Waals surface area contributed by atoms with Crippen LogP contribution in [0.1, 0.15) is 46.5 Å². The first-order valence-corrected chi connectivity index (χ1v) is 7.01. The average molecular weight is 238 g/mol. The van der Waals surface area contributed by atoms with Gasteiger partial charge in [0, 0.05) is 11.5 Å². The molecule has 2 fully saturated rings. The SMILES string of the molecule is CC(C)(C)C(=O)C1CCCN1C1CCNCC1. The molecule has 0 aliphatic carbocycles. The normalized spacial score (nSPS) is 28.5. The van der Waals surface area contributed by atoms with Crippen molar-refractivity contribution in [3.8, 4) is 0 Å². The Kier molecular flexibility index (Phi) is 3.88. The number of nitrogens with one attached hydrogen (secondary N) is 1. The van der Waals surface area contributed by atoms with Gasteiger partial charge in [-0.2, -0.15) is 0 Å². The summed E-state index contributed by atoms with van der Waals surface area (Å²) < 4.78 is 0. The Balaban J connectivity index is 2.04. The predicted octanol–water partition coefficient (Wildman–Crippen LogP) is 1.82. The quantitative estimate of drug-likeness (QED) is 0.796. The van der Waals surface area contributed by atoms with Crippen LogP contribution < -0.4 is 5.32 Å². The molecule has 2 heterocycles. The molecule has 1 atom stereocenters. The third kappa shape index (κ3) is 2.89. The van der Waals surface area contributed by atoms with E-state index in [0.29, 0.717) is 11.8 Å². The third-order valence-corrected chi connectivity index (χ3v) is 4.11. The van der Waals surface area contributed by atoms with E-state index >= 15 is 0 Å². The lowest BCUT2D eigenvalue weighted by Gasteiger charge is -2.37. The van der Waals surface area contributed by atoms with E-state index < -0.39 is 0 Å². The Labute approximate surface area is 105 Å². The summed E-state index contributed by atoms with van der Waals surface area (Å²) in [6.07, 6.45) is 4.66. The maximum absolute atomic E-state index is 12.5. The van der Waals surface area contributed by atoms with Crippen molar-refractivity contribution in [3.63, 3.8) is 0 Å². The van der Waals surface area contributed by atoms with Crippen LogP contribution in [0.3, 0.4) is 0 Å². The minimum atomic E-state index is -0.194. The fraction of sp³-hybridized carbons (Fsp3) is 0.929. The third-order valence-electron chi connectivity index (χ3n) is 4.11. The van der Waals surface area contributed by atoms with Gasteiger partial charge in [0.05, 0.1) is 6.04 Å². The monoisotopic (exact) mass is 238 g/mol. The van der Waals surface area contributed by atoms with E-state index in [1.807, 2.05) is 20.8 Å². The lowest BCUT2D eigenvalue weighted by atomic mass is 9.85. The maximum atomic E-state index is 12.5. The second-order valence-corrected chi connectivity index (χ2v) is 6.49. The van der Waals surface area contributed by atoms with Crippen LogP contribution in [-0.4, -0.2) is 42.4 Å². The summed E-state index contributed by atoms with van der Waals surface area (Å²) in [6.45, 7) is 9.49. The highest BCUT2D eigenvalue weighted by Gasteiger charge is 2.39. The molecule has 2 saturated heterocycles. The van der Waals surface area contributed by atoms with Gasteiger partial charge in [-0.3, -0.25) is 9.69 Å². The zero-order chi connectivity index (χ0) is 12.5. The Morgan fingerprint density at radius 1 is 1.18 bits per heavy atom. The van der Waals surface area contributed by atoms with Crippen LogP contribution in [0.5, 0.6) is 0 Å². The van der Waals surface area contributed by atoms with Gasteiger partial charge in [0.15, 0.2) is 5.78 Å². The lowest BCUT2D eigenvalue weighted by Crippen LogP contribution is -2.50. The fourth-order valence-corrected chi connectivity index (χ4v) is 3.15. The van der Waals surface area contributed by atoms with E-state index in [1.54, 1.807) is 0 Å². The van der Waals surface area contributed by atoms with E-state index in [1.165, 1.54) is 19.3 Å². The van der Waals surface area contributed by atoms with Crippen molar-refractivity contribution < 1.29 is 4.79 Å². The smallest absolute Gasteiger partial charge is 0.155 e. The van der Waals surface area contributed by atoms with E-state index in [0.717, 1.165) is 26.1 Å². The van der Waals surface area contributed by atoms with Crippen molar-refractivity contribution >= 4 is 5.78 Å². The van der Waals surface area contributed by atoms with Crippen molar-refractivity contribution in [2.45, 2.75) is 58.5 Å². The molecule has 2 rings (SSSR count). The standard InChI is InChI=1S/C14H26N2O/c1-14(2,3)13(17)12-5-4-10-16(12)11-6-8-15-9-7-11/h11-12,15H,4-10H2,1-3H3. The molecule has 2 aliphatic rings. The van der Waals surface area contributed by atoms with Gasteiger partial charge in [0.25, 0.3) is 0 Å². The fourth-order valence-electron chi connectivity index (χ4n) is 3.15. The first kappa shape index (κ1) is 13.0. The number of likely N-dealkylation sites (tertiary alicyclic amines) is 1. The number of hydrogen-bond acceptors (Lipinski definition) is 3. The summed E-state index contributed by atoms with van der Waals surface area (Å²) in [4.78, 5) is 15.0. The molecular formula is C14H26N2O. The molecule has 17 heavy (non-hydrogen) atoms. The minimum Gasteiger partial charge on any atom is -0.317 e. The van der Waals surface area contributed by atoms with Crippen LogP contribution in [0.25, 0.3) is 0 Å². The molecule has 0 aromatic carbocycles. The van der Waals surface area contributed by atoms with Crippen molar-refractivity contribution in [2.75, 3.05) is 19.6 Å².